The fourth-order valence-electron chi connectivity index (χ4n) is 2.08. The smallest absolute Gasteiger partial charge is 0.337 e. The van der Waals surface area contributed by atoms with E-state index in [2.05, 4.69) is 17.9 Å². The molecule has 0 atom stereocenters. The zero-order chi connectivity index (χ0) is 15.4. The number of aliphatic hydroxyl groups is 1. The highest BCUT2D eigenvalue weighted by molar-refractivity contribution is 7.80. The maximum Gasteiger partial charge on any atom is 0.337 e. The zero-order valence-electron chi connectivity index (χ0n) is 11.5. The number of amides is 1. The molecule has 0 saturated carbocycles. The van der Waals surface area contributed by atoms with Crippen molar-refractivity contribution in [2.24, 2.45) is 0 Å². The van der Waals surface area contributed by atoms with Crippen LogP contribution in [0.15, 0.2) is 40.4 Å². The van der Waals surface area contributed by atoms with Gasteiger partial charge in [0.2, 0.25) is 0 Å². The van der Waals surface area contributed by atoms with Crippen molar-refractivity contribution in [1.29, 1.82) is 0 Å². The normalized spacial score (nSPS) is 14.6. The molecule has 21 heavy (non-hydrogen) atoms. The number of hydrogen-bond acceptors (Lipinski definition) is 6. The predicted molar refractivity (Wildman–Crippen MR) is 80.0 cm³/mol. The second kappa shape index (κ2) is 6.64. The number of β-amino-alcohol motifs (C(OH)–C–C–N with tert-alkyl or cyclic N) is 1. The van der Waals surface area contributed by atoms with Crippen LogP contribution in [-0.2, 0) is 14.3 Å². The summed E-state index contributed by atoms with van der Waals surface area (Å²) in [6, 6.07) is 7.10. The number of thiol groups is 1. The third-order valence-corrected chi connectivity index (χ3v) is 3.35. The minimum absolute atomic E-state index is 0.120. The van der Waals surface area contributed by atoms with Crippen LogP contribution in [0.25, 0.3) is 0 Å². The van der Waals surface area contributed by atoms with Crippen LogP contribution in [0.2, 0.25) is 0 Å². The molecule has 112 valence electrons. The number of nitrogens with one attached hydrogen (secondary N) is 1. The van der Waals surface area contributed by atoms with Crippen LogP contribution in [-0.4, -0.2) is 48.7 Å². The molecule has 1 aliphatic rings. The lowest BCUT2D eigenvalue weighted by Crippen LogP contribution is -2.31. The van der Waals surface area contributed by atoms with E-state index >= 15 is 0 Å². The summed E-state index contributed by atoms with van der Waals surface area (Å²) in [6.45, 7) is 0.117. The summed E-state index contributed by atoms with van der Waals surface area (Å²) in [7, 11) is 1.26. The van der Waals surface area contributed by atoms with Crippen molar-refractivity contribution in [2.45, 2.75) is 4.90 Å². The van der Waals surface area contributed by atoms with Gasteiger partial charge in [-0.1, -0.05) is 6.07 Å². The van der Waals surface area contributed by atoms with E-state index in [0.717, 1.165) is 4.90 Å². The van der Waals surface area contributed by atoms with Gasteiger partial charge in [-0.2, -0.15) is 0 Å². The van der Waals surface area contributed by atoms with Gasteiger partial charge in [0.05, 0.1) is 25.8 Å². The molecule has 0 aliphatic carbocycles. The topological polar surface area (TPSA) is 78.9 Å². The highest BCUT2D eigenvalue weighted by Gasteiger charge is 2.34. The fraction of sp³-hybridized carbons (Fsp3) is 0.286. The molecule has 1 aromatic carbocycles. The Morgan fingerprint density at radius 1 is 1.52 bits per heavy atom. The summed E-state index contributed by atoms with van der Waals surface area (Å²) in [5.41, 5.74) is 1.08. The monoisotopic (exact) mass is 308 g/mol. The average molecular weight is 308 g/mol. The Morgan fingerprint density at radius 2 is 2.29 bits per heavy atom. The third-order valence-electron chi connectivity index (χ3n) is 3.07. The van der Waals surface area contributed by atoms with Gasteiger partial charge < -0.3 is 20.1 Å². The Hall–Kier alpha value is -1.99. The fourth-order valence-corrected chi connectivity index (χ4v) is 2.30. The Morgan fingerprint density at radius 3 is 2.90 bits per heavy atom. The van der Waals surface area contributed by atoms with E-state index in [-0.39, 0.29) is 36.9 Å². The number of hydrogen-bond donors (Lipinski definition) is 3. The van der Waals surface area contributed by atoms with E-state index < -0.39 is 5.97 Å². The summed E-state index contributed by atoms with van der Waals surface area (Å²) in [4.78, 5) is 26.2. The summed E-state index contributed by atoms with van der Waals surface area (Å²) in [5, 5.41) is 11.9. The minimum atomic E-state index is -0.562. The first-order valence-corrected chi connectivity index (χ1v) is 6.79. The molecule has 2 rings (SSSR count). The lowest BCUT2D eigenvalue weighted by atomic mass is 10.2. The molecule has 0 fully saturated rings. The standard InChI is InChI=1S/C14H16N2O4S/c1-20-14(19)11-8-16(5-6-17)13(18)12(11)15-9-3-2-4-10(21)7-9/h2-4,7,15,17,21H,5-6,8H2,1H3. The van der Waals surface area contributed by atoms with Gasteiger partial charge in [-0.15, -0.1) is 12.6 Å². The van der Waals surface area contributed by atoms with E-state index in [1.165, 1.54) is 12.0 Å². The van der Waals surface area contributed by atoms with Gasteiger partial charge >= 0.3 is 5.97 Å². The summed E-state index contributed by atoms with van der Waals surface area (Å²) < 4.78 is 4.71. The van der Waals surface area contributed by atoms with Gasteiger partial charge in [-0.3, -0.25) is 4.79 Å². The largest absolute Gasteiger partial charge is 0.466 e. The van der Waals surface area contributed by atoms with Gasteiger partial charge in [0.15, 0.2) is 0 Å². The molecule has 6 nitrogen and oxygen atoms in total. The molecule has 0 saturated heterocycles. The molecule has 0 bridgehead atoms. The van der Waals surface area contributed by atoms with Crippen molar-refractivity contribution in [1.82, 2.24) is 4.90 Å². The van der Waals surface area contributed by atoms with Crippen molar-refractivity contribution in [3.8, 4) is 0 Å². The molecule has 0 radical (unpaired) electrons. The van der Waals surface area contributed by atoms with Crippen molar-refractivity contribution < 1.29 is 19.4 Å². The van der Waals surface area contributed by atoms with Crippen LogP contribution in [0.3, 0.4) is 0 Å². The summed E-state index contributed by atoms with van der Waals surface area (Å²) >= 11 is 4.23. The quantitative estimate of drug-likeness (QED) is 0.550. The maximum atomic E-state index is 12.3. The predicted octanol–water partition coefficient (Wildman–Crippen LogP) is 0.649. The number of anilines is 1. The van der Waals surface area contributed by atoms with Crippen LogP contribution in [0.4, 0.5) is 5.69 Å². The van der Waals surface area contributed by atoms with Crippen molar-refractivity contribution >= 4 is 30.2 Å². The Balaban J connectivity index is 2.30. The third kappa shape index (κ3) is 3.37. The number of methoxy groups -OCH3 is 1. The van der Waals surface area contributed by atoms with E-state index in [4.69, 9.17) is 9.84 Å². The maximum absolute atomic E-state index is 12.3. The molecular formula is C14H16N2O4S. The summed E-state index contributed by atoms with van der Waals surface area (Å²) in [6.07, 6.45) is 0. The van der Waals surface area contributed by atoms with Crippen LogP contribution < -0.4 is 5.32 Å². The average Bonchev–Trinajstić information content (AvgIpc) is 2.76. The van der Waals surface area contributed by atoms with E-state index in [1.54, 1.807) is 24.3 Å². The Labute approximate surface area is 127 Å². The lowest BCUT2D eigenvalue weighted by Gasteiger charge is -2.15. The molecule has 1 aliphatic heterocycles. The number of aliphatic hydroxyl groups excluding tert-OH is 1. The van der Waals surface area contributed by atoms with Crippen molar-refractivity contribution in [2.75, 3.05) is 32.1 Å². The van der Waals surface area contributed by atoms with Gasteiger partial charge in [0.25, 0.3) is 5.91 Å². The molecule has 0 aromatic heterocycles. The Kier molecular flexibility index (Phi) is 4.87. The minimum Gasteiger partial charge on any atom is -0.466 e. The van der Waals surface area contributed by atoms with Crippen LogP contribution in [0.1, 0.15) is 0 Å². The van der Waals surface area contributed by atoms with Gasteiger partial charge in [-0.25, -0.2) is 4.79 Å². The highest BCUT2D eigenvalue weighted by atomic mass is 32.1. The van der Waals surface area contributed by atoms with E-state index in [1.807, 2.05) is 0 Å². The van der Waals surface area contributed by atoms with Crippen LogP contribution in [0.5, 0.6) is 0 Å². The molecule has 7 heteroatoms. The molecule has 0 unspecified atom stereocenters. The van der Waals surface area contributed by atoms with Crippen molar-refractivity contribution in [3.05, 3.63) is 35.5 Å². The zero-order valence-corrected chi connectivity index (χ0v) is 12.4. The first-order chi connectivity index (χ1) is 10.1. The highest BCUT2D eigenvalue weighted by Crippen LogP contribution is 2.23. The second-order valence-electron chi connectivity index (χ2n) is 4.47. The first-order valence-electron chi connectivity index (χ1n) is 6.34. The van der Waals surface area contributed by atoms with E-state index in [0.29, 0.717) is 5.69 Å². The lowest BCUT2D eigenvalue weighted by molar-refractivity contribution is -0.136. The molecule has 1 amide bonds. The van der Waals surface area contributed by atoms with Gasteiger partial charge in [-0.05, 0) is 18.2 Å². The van der Waals surface area contributed by atoms with Gasteiger partial charge in [0, 0.05) is 17.1 Å². The second-order valence-corrected chi connectivity index (χ2v) is 4.99. The van der Waals surface area contributed by atoms with Crippen molar-refractivity contribution in [3.63, 3.8) is 0 Å². The summed E-state index contributed by atoms with van der Waals surface area (Å²) in [5.74, 6) is -0.901. The number of nitrogens with zero attached hydrogens (tertiary/aromatic N) is 1. The number of esters is 1. The number of carbonyl (C=O) groups is 2. The number of benzene rings is 1. The van der Waals surface area contributed by atoms with Gasteiger partial charge in [0.1, 0.15) is 5.70 Å². The molecule has 1 heterocycles. The number of carbonyl (C=O) groups excluding carboxylic acids is 2. The molecule has 2 N–H and O–H groups in total. The number of ether oxygens (including phenoxy) is 1. The first kappa shape index (κ1) is 15.4. The number of rotatable bonds is 5. The molecule has 0 spiro atoms. The van der Waals surface area contributed by atoms with E-state index in [9.17, 15) is 9.59 Å². The SMILES string of the molecule is COC(=O)C1=C(Nc2cccc(S)c2)C(=O)N(CCO)C1. The Bertz CT molecular complexity index is 600. The molecule has 1 aromatic rings. The molecular weight excluding hydrogens is 292 g/mol. The van der Waals surface area contributed by atoms with Crippen LogP contribution >= 0.6 is 12.6 Å². The van der Waals surface area contributed by atoms with Crippen LogP contribution in [0, 0.1) is 0 Å².